The molecular weight excluding hydrogens is 215 g/mol. The number of aliphatic hydroxyl groups excluding tert-OH is 1. The van der Waals surface area contributed by atoms with Gasteiger partial charge >= 0.3 is 5.51 Å². The van der Waals surface area contributed by atoms with Crippen molar-refractivity contribution in [2.24, 2.45) is 0 Å². The average molecular weight is 229 g/mol. The van der Waals surface area contributed by atoms with Gasteiger partial charge in [-0.3, -0.25) is 4.90 Å². The normalized spacial score (nSPS) is 24.4. The SMILES string of the molecule is OC[C@H]1CCCN1CCSC(F)(F)F. The van der Waals surface area contributed by atoms with Crippen LogP contribution in [0.2, 0.25) is 0 Å². The summed E-state index contributed by atoms with van der Waals surface area (Å²) in [6.45, 7) is 1.27. The van der Waals surface area contributed by atoms with Crippen molar-refractivity contribution in [2.45, 2.75) is 24.4 Å². The van der Waals surface area contributed by atoms with Crippen molar-refractivity contribution in [3.8, 4) is 0 Å². The van der Waals surface area contributed by atoms with Gasteiger partial charge in [-0.2, -0.15) is 13.2 Å². The zero-order chi connectivity index (χ0) is 10.6. The standard InChI is InChI=1S/C8H14F3NOS/c9-8(10,11)14-5-4-12-3-1-2-7(12)6-13/h7,13H,1-6H2/t7-/m1/s1. The summed E-state index contributed by atoms with van der Waals surface area (Å²) >= 11 is 0.00964. The third-order valence-corrected chi connectivity index (χ3v) is 3.07. The lowest BCUT2D eigenvalue weighted by Crippen LogP contribution is -2.34. The van der Waals surface area contributed by atoms with Crippen molar-refractivity contribution in [3.05, 3.63) is 0 Å². The monoisotopic (exact) mass is 229 g/mol. The molecule has 0 radical (unpaired) electrons. The van der Waals surface area contributed by atoms with Gasteiger partial charge in [0.2, 0.25) is 0 Å². The van der Waals surface area contributed by atoms with E-state index >= 15 is 0 Å². The maximum Gasteiger partial charge on any atom is 0.441 e. The number of likely N-dealkylation sites (tertiary alicyclic amines) is 1. The number of aliphatic hydroxyl groups is 1. The zero-order valence-corrected chi connectivity index (χ0v) is 8.57. The predicted octanol–water partition coefficient (Wildman–Crippen LogP) is 1.70. The van der Waals surface area contributed by atoms with Crippen LogP contribution in [0.1, 0.15) is 12.8 Å². The molecule has 0 saturated carbocycles. The Morgan fingerprint density at radius 2 is 2.14 bits per heavy atom. The summed E-state index contributed by atoms with van der Waals surface area (Å²) in [5, 5.41) is 8.92. The van der Waals surface area contributed by atoms with Crippen molar-refractivity contribution in [1.82, 2.24) is 4.90 Å². The first kappa shape index (κ1) is 12.1. The second-order valence-corrected chi connectivity index (χ2v) is 4.47. The van der Waals surface area contributed by atoms with Crippen LogP contribution in [-0.4, -0.2) is 47.0 Å². The Kier molecular flexibility index (Phi) is 4.53. The molecule has 0 bridgehead atoms. The van der Waals surface area contributed by atoms with Crippen LogP contribution in [0.15, 0.2) is 0 Å². The molecule has 0 aliphatic carbocycles. The van der Waals surface area contributed by atoms with E-state index in [9.17, 15) is 13.2 Å². The van der Waals surface area contributed by atoms with Gasteiger partial charge in [-0.1, -0.05) is 0 Å². The van der Waals surface area contributed by atoms with Crippen LogP contribution < -0.4 is 0 Å². The summed E-state index contributed by atoms with van der Waals surface area (Å²) in [5.74, 6) is 0.0556. The molecule has 1 saturated heterocycles. The van der Waals surface area contributed by atoms with Gasteiger partial charge in [0.05, 0.1) is 6.61 Å². The van der Waals surface area contributed by atoms with Gasteiger partial charge in [-0.15, -0.1) is 0 Å². The summed E-state index contributed by atoms with van der Waals surface area (Å²) in [6.07, 6.45) is 1.87. The van der Waals surface area contributed by atoms with E-state index in [1.165, 1.54) is 0 Å². The van der Waals surface area contributed by atoms with Crippen LogP contribution in [0.25, 0.3) is 0 Å². The highest BCUT2D eigenvalue weighted by Crippen LogP contribution is 2.30. The van der Waals surface area contributed by atoms with E-state index in [4.69, 9.17) is 5.11 Å². The lowest BCUT2D eigenvalue weighted by atomic mass is 10.2. The highest BCUT2D eigenvalue weighted by atomic mass is 32.2. The number of hydrogen-bond acceptors (Lipinski definition) is 3. The maximum absolute atomic E-state index is 11.8. The minimum Gasteiger partial charge on any atom is -0.395 e. The Hall–Kier alpha value is 0.0600. The molecule has 0 aromatic heterocycles. The van der Waals surface area contributed by atoms with Crippen LogP contribution in [0.3, 0.4) is 0 Å². The molecule has 0 aromatic carbocycles. The Bertz CT molecular complexity index is 176. The highest BCUT2D eigenvalue weighted by molar-refractivity contribution is 8.00. The summed E-state index contributed by atoms with van der Waals surface area (Å²) in [7, 11) is 0. The van der Waals surface area contributed by atoms with Crippen molar-refractivity contribution in [1.29, 1.82) is 0 Å². The molecule has 0 aromatic rings. The summed E-state index contributed by atoms with van der Waals surface area (Å²) in [6, 6.07) is 0.0730. The van der Waals surface area contributed by atoms with Gasteiger partial charge in [0, 0.05) is 18.3 Å². The molecule has 1 atom stereocenters. The molecule has 1 heterocycles. The quantitative estimate of drug-likeness (QED) is 0.793. The molecule has 0 amide bonds. The molecular formula is C8H14F3NOS. The van der Waals surface area contributed by atoms with Crippen LogP contribution >= 0.6 is 11.8 Å². The fraction of sp³-hybridized carbons (Fsp3) is 1.00. The molecule has 0 spiro atoms. The van der Waals surface area contributed by atoms with Crippen molar-refractivity contribution in [3.63, 3.8) is 0 Å². The maximum atomic E-state index is 11.8. The van der Waals surface area contributed by atoms with Gasteiger partial charge < -0.3 is 5.11 Å². The van der Waals surface area contributed by atoms with Gasteiger partial charge in [-0.05, 0) is 31.1 Å². The Labute approximate surface area is 85.5 Å². The van der Waals surface area contributed by atoms with Gasteiger partial charge in [0.15, 0.2) is 0 Å². The number of thioether (sulfide) groups is 1. The summed E-state index contributed by atoms with van der Waals surface area (Å²) < 4.78 is 35.4. The second kappa shape index (κ2) is 5.23. The van der Waals surface area contributed by atoms with Crippen LogP contribution in [-0.2, 0) is 0 Å². The van der Waals surface area contributed by atoms with E-state index in [-0.39, 0.29) is 30.2 Å². The highest BCUT2D eigenvalue weighted by Gasteiger charge is 2.29. The molecule has 2 nitrogen and oxygen atoms in total. The first-order chi connectivity index (χ1) is 6.53. The molecule has 1 rings (SSSR count). The molecule has 84 valence electrons. The van der Waals surface area contributed by atoms with Crippen molar-refractivity contribution < 1.29 is 18.3 Å². The molecule has 1 fully saturated rings. The molecule has 14 heavy (non-hydrogen) atoms. The fourth-order valence-corrected chi connectivity index (χ4v) is 2.23. The van der Waals surface area contributed by atoms with Crippen LogP contribution in [0.5, 0.6) is 0 Å². The Balaban J connectivity index is 2.18. The predicted molar refractivity (Wildman–Crippen MR) is 50.2 cm³/mol. The van der Waals surface area contributed by atoms with E-state index in [1.807, 2.05) is 4.90 Å². The first-order valence-electron chi connectivity index (χ1n) is 4.58. The van der Waals surface area contributed by atoms with Gasteiger partial charge in [0.25, 0.3) is 0 Å². The minimum atomic E-state index is -4.13. The summed E-state index contributed by atoms with van der Waals surface area (Å²) in [4.78, 5) is 1.93. The summed E-state index contributed by atoms with van der Waals surface area (Å²) in [5.41, 5.74) is -4.13. The van der Waals surface area contributed by atoms with E-state index in [1.54, 1.807) is 0 Å². The molecule has 6 heteroatoms. The molecule has 1 N–H and O–H groups in total. The van der Waals surface area contributed by atoms with Crippen LogP contribution in [0, 0.1) is 0 Å². The largest absolute Gasteiger partial charge is 0.441 e. The lowest BCUT2D eigenvalue weighted by molar-refractivity contribution is -0.0329. The topological polar surface area (TPSA) is 23.5 Å². The van der Waals surface area contributed by atoms with Crippen molar-refractivity contribution >= 4 is 11.8 Å². The van der Waals surface area contributed by atoms with E-state index in [2.05, 4.69) is 0 Å². The smallest absolute Gasteiger partial charge is 0.395 e. The zero-order valence-electron chi connectivity index (χ0n) is 7.76. The molecule has 1 aliphatic heterocycles. The van der Waals surface area contributed by atoms with E-state index in [0.29, 0.717) is 6.54 Å². The number of halogens is 3. The van der Waals surface area contributed by atoms with Crippen LogP contribution in [0.4, 0.5) is 13.2 Å². The number of nitrogens with zero attached hydrogens (tertiary/aromatic N) is 1. The number of rotatable bonds is 4. The third kappa shape index (κ3) is 4.06. The second-order valence-electron chi connectivity index (χ2n) is 3.31. The van der Waals surface area contributed by atoms with Gasteiger partial charge in [-0.25, -0.2) is 0 Å². The van der Waals surface area contributed by atoms with E-state index in [0.717, 1.165) is 19.4 Å². The Morgan fingerprint density at radius 1 is 1.43 bits per heavy atom. The third-order valence-electron chi connectivity index (χ3n) is 2.35. The molecule has 1 aliphatic rings. The Morgan fingerprint density at radius 3 is 2.71 bits per heavy atom. The van der Waals surface area contributed by atoms with E-state index < -0.39 is 5.51 Å². The van der Waals surface area contributed by atoms with Crippen molar-refractivity contribution in [2.75, 3.05) is 25.4 Å². The average Bonchev–Trinajstić information content (AvgIpc) is 2.49. The first-order valence-corrected chi connectivity index (χ1v) is 5.57. The lowest BCUT2D eigenvalue weighted by Gasteiger charge is -2.22. The number of alkyl halides is 3. The van der Waals surface area contributed by atoms with Gasteiger partial charge in [0.1, 0.15) is 0 Å². The number of hydrogen-bond donors (Lipinski definition) is 1. The minimum absolute atomic E-state index is 0.00964. The molecule has 0 unspecified atom stereocenters. The fourth-order valence-electron chi connectivity index (χ4n) is 1.67.